The van der Waals surface area contributed by atoms with Gasteiger partial charge in [0.15, 0.2) is 0 Å². The van der Waals surface area contributed by atoms with Crippen LogP contribution in [0.1, 0.15) is 34.1 Å². The van der Waals surface area contributed by atoms with Gasteiger partial charge in [-0.05, 0) is 54.1 Å². The summed E-state index contributed by atoms with van der Waals surface area (Å²) < 4.78 is 0. The molecule has 2 aromatic rings. The lowest BCUT2D eigenvalue weighted by atomic mass is 9.73. The molecule has 104 valence electrons. The van der Waals surface area contributed by atoms with Gasteiger partial charge in [0.25, 0.3) is 0 Å². The lowest BCUT2D eigenvalue weighted by Crippen LogP contribution is -2.30. The van der Waals surface area contributed by atoms with E-state index in [1.807, 2.05) is 0 Å². The molecule has 0 heterocycles. The van der Waals surface area contributed by atoms with Crippen LogP contribution in [0, 0.1) is 5.92 Å². The summed E-state index contributed by atoms with van der Waals surface area (Å²) in [6, 6.07) is 18.1. The third-order valence-electron chi connectivity index (χ3n) is 4.95. The molecule has 20 heavy (non-hydrogen) atoms. The molecule has 2 bridgehead atoms. The fraction of sp³-hybridized carbons (Fsp3) is 0.333. The van der Waals surface area contributed by atoms with E-state index in [4.69, 9.17) is 0 Å². The molecule has 1 N–H and O–H groups in total. The van der Waals surface area contributed by atoms with Crippen molar-refractivity contribution in [2.45, 2.75) is 18.3 Å². The molecule has 0 radical (unpaired) electrons. The number of hydrogen-bond acceptors (Lipinski definition) is 1. The van der Waals surface area contributed by atoms with E-state index in [-0.39, 0.29) is 12.4 Å². The highest BCUT2D eigenvalue weighted by Crippen LogP contribution is 2.54. The molecule has 3 unspecified atom stereocenters. The van der Waals surface area contributed by atoms with Gasteiger partial charge in [0.1, 0.15) is 0 Å². The van der Waals surface area contributed by atoms with Crippen molar-refractivity contribution in [3.05, 3.63) is 70.8 Å². The van der Waals surface area contributed by atoms with Crippen molar-refractivity contribution in [3.8, 4) is 0 Å². The van der Waals surface area contributed by atoms with Crippen LogP contribution in [-0.2, 0) is 6.42 Å². The van der Waals surface area contributed by atoms with Gasteiger partial charge < -0.3 is 5.32 Å². The van der Waals surface area contributed by atoms with Crippen LogP contribution in [0.5, 0.6) is 0 Å². The molecular formula is C18H20ClN. The summed E-state index contributed by atoms with van der Waals surface area (Å²) >= 11 is 0. The normalized spacial score (nSPS) is 25.6. The molecule has 0 aliphatic heterocycles. The number of hydrogen-bond donors (Lipinski definition) is 1. The maximum atomic E-state index is 3.40. The van der Waals surface area contributed by atoms with E-state index in [1.165, 1.54) is 6.42 Å². The SMILES string of the molecule is CNCC1C2Cc3ccccc3C1c1ccccc12.Cl. The molecular weight excluding hydrogens is 266 g/mol. The van der Waals surface area contributed by atoms with Crippen LogP contribution in [0.3, 0.4) is 0 Å². The predicted molar refractivity (Wildman–Crippen MR) is 85.8 cm³/mol. The Morgan fingerprint density at radius 3 is 2.35 bits per heavy atom. The number of rotatable bonds is 2. The Bertz CT molecular complexity index is 611. The average Bonchev–Trinajstić information content (AvgIpc) is 2.67. The molecule has 2 aliphatic carbocycles. The Morgan fingerprint density at radius 2 is 1.60 bits per heavy atom. The van der Waals surface area contributed by atoms with Gasteiger partial charge in [-0.2, -0.15) is 0 Å². The highest BCUT2D eigenvalue weighted by molar-refractivity contribution is 5.85. The first-order chi connectivity index (χ1) is 9.40. The van der Waals surface area contributed by atoms with Crippen LogP contribution in [0.4, 0.5) is 0 Å². The lowest BCUT2D eigenvalue weighted by Gasteiger charge is -2.32. The molecule has 0 saturated carbocycles. The second-order valence-corrected chi connectivity index (χ2v) is 5.84. The fourth-order valence-corrected chi connectivity index (χ4v) is 4.24. The van der Waals surface area contributed by atoms with Crippen molar-refractivity contribution < 1.29 is 0 Å². The van der Waals surface area contributed by atoms with Crippen molar-refractivity contribution in [1.29, 1.82) is 0 Å². The van der Waals surface area contributed by atoms with Crippen molar-refractivity contribution in [2.75, 3.05) is 13.6 Å². The molecule has 0 saturated heterocycles. The van der Waals surface area contributed by atoms with Gasteiger partial charge in [0.05, 0.1) is 0 Å². The van der Waals surface area contributed by atoms with Crippen molar-refractivity contribution in [3.63, 3.8) is 0 Å². The number of nitrogens with one attached hydrogen (secondary N) is 1. The van der Waals surface area contributed by atoms with Crippen molar-refractivity contribution in [2.24, 2.45) is 5.92 Å². The minimum atomic E-state index is 0. The molecule has 3 atom stereocenters. The minimum Gasteiger partial charge on any atom is -0.319 e. The summed E-state index contributed by atoms with van der Waals surface area (Å²) in [6.07, 6.45) is 1.20. The third kappa shape index (κ3) is 1.81. The molecule has 0 fully saturated rings. The van der Waals surface area contributed by atoms with E-state index in [9.17, 15) is 0 Å². The highest BCUT2D eigenvalue weighted by atomic mass is 35.5. The van der Waals surface area contributed by atoms with Crippen molar-refractivity contribution in [1.82, 2.24) is 5.32 Å². The molecule has 0 amide bonds. The van der Waals surface area contributed by atoms with Gasteiger partial charge in [-0.25, -0.2) is 0 Å². The molecule has 1 nitrogen and oxygen atoms in total. The van der Waals surface area contributed by atoms with Gasteiger partial charge >= 0.3 is 0 Å². The quantitative estimate of drug-likeness (QED) is 0.887. The summed E-state index contributed by atoms with van der Waals surface area (Å²) in [5.41, 5.74) is 6.27. The fourth-order valence-electron chi connectivity index (χ4n) is 4.24. The predicted octanol–water partition coefficient (Wildman–Crippen LogP) is 3.73. The van der Waals surface area contributed by atoms with Gasteiger partial charge in [0.2, 0.25) is 0 Å². The molecule has 2 heteroatoms. The zero-order valence-electron chi connectivity index (χ0n) is 11.7. The third-order valence-corrected chi connectivity index (χ3v) is 4.95. The number of benzene rings is 2. The standard InChI is InChI=1S/C18H19N.ClH/c1-19-11-17-16-10-12-6-2-3-7-13(12)18(17)15-9-5-4-8-14(15)16;/h2-9,16-19H,10-11H2,1H3;1H. The van der Waals surface area contributed by atoms with Crippen LogP contribution in [0.2, 0.25) is 0 Å². The first kappa shape index (κ1) is 13.7. The van der Waals surface area contributed by atoms with Crippen LogP contribution in [-0.4, -0.2) is 13.6 Å². The first-order valence-corrected chi connectivity index (χ1v) is 7.21. The van der Waals surface area contributed by atoms with E-state index in [0.29, 0.717) is 11.8 Å². The monoisotopic (exact) mass is 285 g/mol. The van der Waals surface area contributed by atoms with Crippen LogP contribution in [0.25, 0.3) is 0 Å². The summed E-state index contributed by atoms with van der Waals surface area (Å²) in [7, 11) is 2.07. The molecule has 4 rings (SSSR count). The summed E-state index contributed by atoms with van der Waals surface area (Å²) in [5, 5.41) is 3.40. The Labute approximate surface area is 126 Å². The van der Waals surface area contributed by atoms with Crippen LogP contribution in [0.15, 0.2) is 48.5 Å². The van der Waals surface area contributed by atoms with Gasteiger partial charge in [-0.15, -0.1) is 12.4 Å². The molecule has 0 aromatic heterocycles. The Morgan fingerprint density at radius 1 is 0.950 bits per heavy atom. The summed E-state index contributed by atoms with van der Waals surface area (Å²) in [6.45, 7) is 1.11. The van der Waals surface area contributed by atoms with E-state index < -0.39 is 0 Å². The zero-order valence-corrected chi connectivity index (χ0v) is 12.5. The molecule has 0 spiro atoms. The van der Waals surface area contributed by atoms with E-state index >= 15 is 0 Å². The van der Waals surface area contributed by atoms with E-state index in [0.717, 1.165) is 12.5 Å². The van der Waals surface area contributed by atoms with E-state index in [1.54, 1.807) is 22.3 Å². The summed E-state index contributed by atoms with van der Waals surface area (Å²) in [4.78, 5) is 0. The van der Waals surface area contributed by atoms with Crippen molar-refractivity contribution >= 4 is 12.4 Å². The largest absolute Gasteiger partial charge is 0.319 e. The van der Waals surface area contributed by atoms with Gasteiger partial charge in [-0.1, -0.05) is 48.5 Å². The maximum Gasteiger partial charge on any atom is 0.0141 e. The van der Waals surface area contributed by atoms with Gasteiger partial charge in [0, 0.05) is 5.92 Å². The topological polar surface area (TPSA) is 12.0 Å². The van der Waals surface area contributed by atoms with Crippen LogP contribution >= 0.6 is 12.4 Å². The van der Waals surface area contributed by atoms with E-state index in [2.05, 4.69) is 60.9 Å². The average molecular weight is 286 g/mol. The first-order valence-electron chi connectivity index (χ1n) is 7.21. The van der Waals surface area contributed by atoms with Crippen LogP contribution < -0.4 is 5.32 Å². The molecule has 2 aromatic carbocycles. The second kappa shape index (κ2) is 5.23. The molecule has 2 aliphatic rings. The summed E-state index contributed by atoms with van der Waals surface area (Å²) in [5.74, 6) is 2.01. The highest BCUT2D eigenvalue weighted by Gasteiger charge is 2.44. The zero-order chi connectivity index (χ0) is 12.8. The number of halogens is 1. The van der Waals surface area contributed by atoms with Gasteiger partial charge in [-0.3, -0.25) is 0 Å². The second-order valence-electron chi connectivity index (χ2n) is 5.84. The maximum absolute atomic E-state index is 3.40. The Balaban J connectivity index is 0.00000121. The minimum absolute atomic E-state index is 0. The Hall–Kier alpha value is -1.31. The number of fused-ring (bicyclic) bond motifs is 7. The lowest BCUT2D eigenvalue weighted by molar-refractivity contribution is 0.380. The Kier molecular flexibility index (Phi) is 3.57. The smallest absolute Gasteiger partial charge is 0.0141 e.